The zero-order chi connectivity index (χ0) is 20.2. The third-order valence-electron chi connectivity index (χ3n) is 6.52. The van der Waals surface area contributed by atoms with Gasteiger partial charge in [0.1, 0.15) is 5.56 Å². The fourth-order valence-corrected chi connectivity index (χ4v) is 4.89. The van der Waals surface area contributed by atoms with Gasteiger partial charge in [-0.15, -0.1) is 0 Å². The molecule has 0 fully saturated rings. The molecule has 1 N–H and O–H groups in total. The van der Waals surface area contributed by atoms with Crippen LogP contribution in [0.15, 0.2) is 35.1 Å². The minimum atomic E-state index is -0.216. The van der Waals surface area contributed by atoms with Gasteiger partial charge >= 0.3 is 0 Å². The number of nitrogens with zero attached hydrogens (tertiary/aromatic N) is 1. The number of aromatic nitrogens is 1. The number of hydrogen-bond acceptors (Lipinski definition) is 2. The molecule has 2 aliphatic carbocycles. The molecule has 1 aromatic heterocycles. The number of carbonyl (C=O) groups excluding carboxylic acids is 1. The Balaban J connectivity index is 1.66. The molecule has 29 heavy (non-hydrogen) atoms. The number of fused-ring (bicyclic) bond motifs is 2. The number of rotatable bonds is 5. The van der Waals surface area contributed by atoms with Gasteiger partial charge < -0.3 is 9.88 Å². The lowest BCUT2D eigenvalue weighted by molar-refractivity contribution is 0.0934. The molecule has 0 saturated carbocycles. The van der Waals surface area contributed by atoms with Gasteiger partial charge in [-0.2, -0.15) is 0 Å². The first-order valence-corrected chi connectivity index (χ1v) is 11.3. The van der Waals surface area contributed by atoms with E-state index in [0.29, 0.717) is 12.1 Å². The van der Waals surface area contributed by atoms with Gasteiger partial charge in [-0.1, -0.05) is 50.5 Å². The highest BCUT2D eigenvalue weighted by molar-refractivity contribution is 5.94. The van der Waals surface area contributed by atoms with Crippen LogP contribution in [0, 0.1) is 0 Å². The van der Waals surface area contributed by atoms with Gasteiger partial charge in [-0.3, -0.25) is 9.59 Å². The van der Waals surface area contributed by atoms with Crippen LogP contribution in [0.3, 0.4) is 0 Å². The van der Waals surface area contributed by atoms with Crippen molar-refractivity contribution in [3.63, 3.8) is 0 Å². The molecule has 4 rings (SSSR count). The second kappa shape index (κ2) is 8.98. The maximum atomic E-state index is 13.3. The summed E-state index contributed by atoms with van der Waals surface area (Å²) in [6.07, 6.45) is 10.5. The largest absolute Gasteiger partial charge is 0.345 e. The van der Waals surface area contributed by atoms with Crippen LogP contribution in [0.2, 0.25) is 0 Å². The van der Waals surface area contributed by atoms with E-state index in [4.69, 9.17) is 0 Å². The number of pyridine rings is 1. The lowest BCUT2D eigenvalue weighted by Gasteiger charge is -2.21. The normalized spacial score (nSPS) is 18.4. The fraction of sp³-hybridized carbons (Fsp3) is 0.520. The summed E-state index contributed by atoms with van der Waals surface area (Å²) < 4.78 is 1.92. The summed E-state index contributed by atoms with van der Waals surface area (Å²) in [7, 11) is 0. The molecule has 1 atom stereocenters. The summed E-state index contributed by atoms with van der Waals surface area (Å²) in [4.78, 5) is 26.5. The Kier molecular flexibility index (Phi) is 6.17. The van der Waals surface area contributed by atoms with E-state index in [0.717, 1.165) is 51.4 Å². The maximum absolute atomic E-state index is 13.3. The molecule has 0 bridgehead atoms. The highest BCUT2D eigenvalue weighted by Gasteiger charge is 2.26. The van der Waals surface area contributed by atoms with Gasteiger partial charge in [0, 0.05) is 12.2 Å². The van der Waals surface area contributed by atoms with E-state index in [-0.39, 0.29) is 17.5 Å². The Morgan fingerprint density at radius 2 is 1.86 bits per heavy atom. The predicted molar refractivity (Wildman–Crippen MR) is 116 cm³/mol. The van der Waals surface area contributed by atoms with E-state index < -0.39 is 0 Å². The van der Waals surface area contributed by atoms with Crippen molar-refractivity contribution in [2.45, 2.75) is 83.7 Å². The summed E-state index contributed by atoms with van der Waals surface area (Å²) in [6, 6.07) is 10.2. The first-order valence-electron chi connectivity index (χ1n) is 11.3. The SMILES string of the molecule is CCCCn1c2c(cc(C(=O)NC3CCc4ccccc43)c1=O)CCCCCC2. The van der Waals surface area contributed by atoms with E-state index >= 15 is 0 Å². The van der Waals surface area contributed by atoms with Crippen LogP contribution in [-0.4, -0.2) is 10.5 Å². The standard InChI is InChI=1S/C25H32N2O2/c1-2-3-16-27-23-13-7-5-4-6-11-19(23)17-21(25(27)29)24(28)26-22-15-14-18-10-8-9-12-20(18)22/h8-10,12,17,22H,2-7,11,13-16H2,1H3,(H,26,28). The quantitative estimate of drug-likeness (QED) is 0.800. The van der Waals surface area contributed by atoms with Crippen LogP contribution in [-0.2, 0) is 25.8 Å². The molecule has 1 heterocycles. The van der Waals surface area contributed by atoms with Crippen molar-refractivity contribution in [1.29, 1.82) is 0 Å². The Bertz CT molecular complexity index is 944. The number of hydrogen-bond donors (Lipinski definition) is 1. The number of unbranched alkanes of at least 4 members (excludes halogenated alkanes) is 1. The molecule has 1 unspecified atom stereocenters. The average Bonchev–Trinajstić information content (AvgIpc) is 3.11. The third kappa shape index (κ3) is 4.17. The van der Waals surface area contributed by atoms with Gasteiger partial charge in [0.05, 0.1) is 6.04 Å². The second-order valence-electron chi connectivity index (χ2n) is 8.52. The summed E-state index contributed by atoms with van der Waals surface area (Å²) in [6.45, 7) is 2.86. The number of nitrogens with one attached hydrogen (secondary N) is 1. The molecule has 1 aromatic carbocycles. The van der Waals surface area contributed by atoms with E-state index in [1.807, 2.05) is 22.8 Å². The molecule has 4 heteroatoms. The summed E-state index contributed by atoms with van der Waals surface area (Å²) in [5.41, 5.74) is 5.09. The average molecular weight is 393 g/mol. The number of aryl methyl sites for hydroxylation is 2. The van der Waals surface area contributed by atoms with E-state index in [9.17, 15) is 9.59 Å². The highest BCUT2D eigenvalue weighted by atomic mass is 16.2. The van der Waals surface area contributed by atoms with Crippen LogP contribution in [0.4, 0.5) is 0 Å². The monoisotopic (exact) mass is 392 g/mol. The van der Waals surface area contributed by atoms with Crippen molar-refractivity contribution in [3.05, 3.63) is 68.6 Å². The molecule has 154 valence electrons. The van der Waals surface area contributed by atoms with Gasteiger partial charge in [0.2, 0.25) is 0 Å². The number of carbonyl (C=O) groups is 1. The number of benzene rings is 1. The molecule has 1 amide bonds. The van der Waals surface area contributed by atoms with Crippen molar-refractivity contribution in [2.75, 3.05) is 0 Å². The summed E-state index contributed by atoms with van der Waals surface area (Å²) >= 11 is 0. The van der Waals surface area contributed by atoms with Crippen LogP contribution < -0.4 is 10.9 Å². The maximum Gasteiger partial charge on any atom is 0.263 e. The minimum Gasteiger partial charge on any atom is -0.345 e. The van der Waals surface area contributed by atoms with Gasteiger partial charge in [-0.05, 0) is 67.7 Å². The molecule has 0 spiro atoms. The first kappa shape index (κ1) is 19.9. The Hall–Kier alpha value is -2.36. The van der Waals surface area contributed by atoms with Gasteiger partial charge in [0.15, 0.2) is 0 Å². The Morgan fingerprint density at radius 3 is 2.69 bits per heavy atom. The van der Waals surface area contributed by atoms with E-state index in [1.54, 1.807) is 0 Å². The lowest BCUT2D eigenvalue weighted by atomic mass is 9.95. The molecule has 2 aromatic rings. The Labute approximate surface area is 173 Å². The smallest absolute Gasteiger partial charge is 0.263 e. The van der Waals surface area contributed by atoms with E-state index in [1.165, 1.54) is 35.2 Å². The number of amides is 1. The van der Waals surface area contributed by atoms with Crippen LogP contribution in [0.25, 0.3) is 0 Å². The van der Waals surface area contributed by atoms with Crippen molar-refractivity contribution < 1.29 is 4.79 Å². The molecular formula is C25H32N2O2. The second-order valence-corrected chi connectivity index (χ2v) is 8.52. The molecule has 0 radical (unpaired) electrons. The van der Waals surface area contributed by atoms with Crippen LogP contribution in [0.1, 0.15) is 90.7 Å². The molecular weight excluding hydrogens is 360 g/mol. The zero-order valence-electron chi connectivity index (χ0n) is 17.5. The Morgan fingerprint density at radius 1 is 1.07 bits per heavy atom. The van der Waals surface area contributed by atoms with Crippen molar-refractivity contribution in [1.82, 2.24) is 9.88 Å². The predicted octanol–water partition coefficient (Wildman–Crippen LogP) is 4.72. The molecule has 0 saturated heterocycles. The lowest BCUT2D eigenvalue weighted by Crippen LogP contribution is -2.36. The van der Waals surface area contributed by atoms with Crippen molar-refractivity contribution >= 4 is 5.91 Å². The topological polar surface area (TPSA) is 51.1 Å². The summed E-state index contributed by atoms with van der Waals surface area (Å²) in [5.74, 6) is -0.216. The molecule has 2 aliphatic rings. The zero-order valence-corrected chi connectivity index (χ0v) is 17.5. The fourth-order valence-electron chi connectivity index (χ4n) is 4.89. The third-order valence-corrected chi connectivity index (χ3v) is 6.52. The van der Waals surface area contributed by atoms with Gasteiger partial charge in [0.25, 0.3) is 11.5 Å². The molecule has 4 nitrogen and oxygen atoms in total. The molecule has 0 aliphatic heterocycles. The summed E-state index contributed by atoms with van der Waals surface area (Å²) in [5, 5.41) is 3.16. The van der Waals surface area contributed by atoms with Crippen molar-refractivity contribution in [2.24, 2.45) is 0 Å². The van der Waals surface area contributed by atoms with Crippen LogP contribution >= 0.6 is 0 Å². The minimum absolute atomic E-state index is 0.00389. The van der Waals surface area contributed by atoms with Crippen molar-refractivity contribution in [3.8, 4) is 0 Å². The highest BCUT2D eigenvalue weighted by Crippen LogP contribution is 2.31. The van der Waals surface area contributed by atoms with Crippen LogP contribution in [0.5, 0.6) is 0 Å². The first-order chi connectivity index (χ1) is 14.2. The van der Waals surface area contributed by atoms with Gasteiger partial charge in [-0.25, -0.2) is 0 Å². The van der Waals surface area contributed by atoms with E-state index in [2.05, 4.69) is 24.4 Å².